The van der Waals surface area contributed by atoms with E-state index in [4.69, 9.17) is 9.26 Å². The van der Waals surface area contributed by atoms with Crippen molar-refractivity contribution in [2.45, 2.75) is 46.0 Å². The first-order valence-corrected chi connectivity index (χ1v) is 12.6. The molecule has 0 atom stereocenters. The lowest BCUT2D eigenvalue weighted by Gasteiger charge is -2.28. The van der Waals surface area contributed by atoms with Gasteiger partial charge in [-0.15, -0.1) is 0 Å². The van der Waals surface area contributed by atoms with Crippen LogP contribution in [0.1, 0.15) is 42.5 Å². The summed E-state index contributed by atoms with van der Waals surface area (Å²) in [7, 11) is -0.760. The first-order chi connectivity index (χ1) is 15.8. The molecule has 0 aliphatic rings. The quantitative estimate of drug-likeness (QED) is 0.229. The molecule has 0 unspecified atom stereocenters. The van der Waals surface area contributed by atoms with Gasteiger partial charge in [0.1, 0.15) is 11.5 Å². The van der Waals surface area contributed by atoms with E-state index in [2.05, 4.69) is 9.88 Å². The minimum Gasteiger partial charge on any atom is -0.426 e. The molecule has 0 bridgehead atoms. The van der Waals surface area contributed by atoms with Gasteiger partial charge < -0.3 is 19.1 Å². The summed E-state index contributed by atoms with van der Waals surface area (Å²) < 4.78 is 22.4. The van der Waals surface area contributed by atoms with Crippen molar-refractivity contribution in [2.24, 2.45) is 0 Å². The normalized spacial score (nSPS) is 12.4. The van der Waals surface area contributed by atoms with Crippen LogP contribution in [0.4, 0.5) is 0 Å². The number of hydrogen-bond donors (Lipinski definition) is 3. The molecule has 3 rings (SSSR count). The Morgan fingerprint density at radius 2 is 1.88 bits per heavy atom. The van der Waals surface area contributed by atoms with Gasteiger partial charge in [-0.2, -0.15) is 0 Å². The number of nitrogens with zero attached hydrogens (tertiary/aromatic N) is 1. The number of nitrogens with one attached hydrogen (secondary N) is 1. The van der Waals surface area contributed by atoms with Crippen LogP contribution in [0.3, 0.4) is 0 Å². The highest BCUT2D eigenvalue weighted by molar-refractivity contribution is 7.46. The number of phosphoric ester groups is 1. The third-order valence-electron chi connectivity index (χ3n) is 5.75. The Hall–Kier alpha value is -2.64. The van der Waals surface area contributed by atoms with Gasteiger partial charge in [0.25, 0.3) is 0 Å². The molecule has 9 heteroatoms. The fourth-order valence-corrected chi connectivity index (χ4v) is 4.64. The predicted molar refractivity (Wildman–Crippen MR) is 132 cm³/mol. The molecule has 0 radical (unpaired) electrons. The number of phosphoric acid groups is 1. The minimum atomic E-state index is -4.78. The van der Waals surface area contributed by atoms with Crippen molar-refractivity contribution >= 4 is 24.7 Å². The van der Waals surface area contributed by atoms with Gasteiger partial charge >= 0.3 is 13.8 Å². The first-order valence-electron chi connectivity index (χ1n) is 11.1. The lowest BCUT2D eigenvalue weighted by Crippen LogP contribution is -2.26. The van der Waals surface area contributed by atoms with Crippen molar-refractivity contribution in [1.29, 1.82) is 0 Å². The van der Waals surface area contributed by atoms with Gasteiger partial charge in [-0.1, -0.05) is 37.6 Å². The molecule has 0 saturated carbocycles. The predicted octanol–water partition coefficient (Wildman–Crippen LogP) is 4.63. The Morgan fingerprint density at radius 1 is 1.18 bits per heavy atom. The van der Waals surface area contributed by atoms with Crippen LogP contribution in [0.25, 0.3) is 10.9 Å². The SMILES string of the molecule is Cc1cc(C)c(OP(=O)(O)O)c(C(C)(C)CC(=O)Oc2cccc3[nH]cc(CCN(C)C)c23)c1. The molecule has 1 heterocycles. The van der Waals surface area contributed by atoms with E-state index in [1.54, 1.807) is 25.1 Å². The van der Waals surface area contributed by atoms with Crippen molar-refractivity contribution in [3.8, 4) is 11.5 Å². The maximum Gasteiger partial charge on any atom is 0.524 e. The zero-order valence-corrected chi connectivity index (χ0v) is 21.4. The smallest absolute Gasteiger partial charge is 0.426 e. The number of ether oxygens (including phenoxy) is 1. The molecule has 0 fully saturated rings. The molecular formula is C25H33N2O6P. The Morgan fingerprint density at radius 3 is 2.53 bits per heavy atom. The standard InChI is InChI=1S/C25H33N2O6P/c1-16-12-17(2)24(33-34(29,30)31)19(13-16)25(3,4)14-22(28)32-21-9-7-8-20-23(21)18(15-26-20)10-11-27(5)6/h7-9,12-13,15,26H,10-11,14H2,1-6H3,(H2,29,30,31). The number of hydrogen-bond acceptors (Lipinski definition) is 5. The van der Waals surface area contributed by atoms with Crippen LogP contribution in [0, 0.1) is 13.8 Å². The van der Waals surface area contributed by atoms with Gasteiger partial charge in [0.05, 0.1) is 6.42 Å². The van der Waals surface area contributed by atoms with Crippen molar-refractivity contribution < 1.29 is 28.4 Å². The second kappa shape index (κ2) is 9.92. The average molecular weight is 489 g/mol. The maximum absolute atomic E-state index is 13.1. The van der Waals surface area contributed by atoms with Gasteiger partial charge in [-0.05, 0) is 57.6 Å². The zero-order valence-electron chi connectivity index (χ0n) is 20.5. The average Bonchev–Trinajstić information content (AvgIpc) is 3.11. The summed E-state index contributed by atoms with van der Waals surface area (Å²) in [4.78, 5) is 37.2. The van der Waals surface area contributed by atoms with Gasteiger partial charge in [-0.3, -0.25) is 14.6 Å². The Bertz CT molecular complexity index is 1240. The number of rotatable bonds is 9. The van der Waals surface area contributed by atoms with Crippen LogP contribution in [-0.4, -0.2) is 46.3 Å². The molecular weight excluding hydrogens is 455 g/mol. The van der Waals surface area contributed by atoms with E-state index in [1.165, 1.54) is 0 Å². The Kier molecular flexibility index (Phi) is 7.58. The van der Waals surface area contributed by atoms with E-state index in [9.17, 15) is 19.1 Å². The third kappa shape index (κ3) is 6.27. The highest BCUT2D eigenvalue weighted by atomic mass is 31.2. The molecule has 184 valence electrons. The van der Waals surface area contributed by atoms with Crippen molar-refractivity contribution in [2.75, 3.05) is 20.6 Å². The molecule has 0 aliphatic heterocycles. The molecule has 0 spiro atoms. The Balaban J connectivity index is 1.89. The number of benzene rings is 2. The number of aryl methyl sites for hydroxylation is 2. The number of aromatic amines is 1. The van der Waals surface area contributed by atoms with E-state index in [-0.39, 0.29) is 12.2 Å². The number of likely N-dealkylation sites (N-methyl/N-ethyl adjacent to an activating group) is 1. The summed E-state index contributed by atoms with van der Waals surface area (Å²) in [5.41, 5.74) is 3.18. The van der Waals surface area contributed by atoms with E-state index in [0.717, 1.165) is 35.0 Å². The fourth-order valence-electron chi connectivity index (χ4n) is 4.16. The van der Waals surface area contributed by atoms with Gasteiger partial charge in [0.2, 0.25) is 0 Å². The second-order valence-corrected chi connectivity index (χ2v) is 10.8. The molecule has 0 saturated heterocycles. The molecule has 3 N–H and O–H groups in total. The van der Waals surface area contributed by atoms with Crippen LogP contribution < -0.4 is 9.26 Å². The van der Waals surface area contributed by atoms with Gasteiger partial charge in [0.15, 0.2) is 0 Å². The molecule has 34 heavy (non-hydrogen) atoms. The molecule has 8 nitrogen and oxygen atoms in total. The summed E-state index contributed by atoms with van der Waals surface area (Å²) in [5.74, 6) is 0.134. The number of esters is 1. The monoisotopic (exact) mass is 488 g/mol. The molecule has 2 aromatic carbocycles. The molecule has 0 aliphatic carbocycles. The number of carbonyl (C=O) groups is 1. The highest BCUT2D eigenvalue weighted by Crippen LogP contribution is 2.45. The van der Waals surface area contributed by atoms with E-state index < -0.39 is 19.2 Å². The van der Waals surface area contributed by atoms with Crippen LogP contribution in [-0.2, 0) is 21.2 Å². The minimum absolute atomic E-state index is 0.0126. The molecule has 1 aromatic heterocycles. The van der Waals surface area contributed by atoms with Crippen molar-refractivity contribution in [3.05, 3.63) is 58.8 Å². The highest BCUT2D eigenvalue weighted by Gasteiger charge is 2.32. The molecule has 3 aromatic rings. The fraction of sp³-hybridized carbons (Fsp3) is 0.400. The summed E-state index contributed by atoms with van der Waals surface area (Å²) in [6.07, 6.45) is 2.73. The van der Waals surface area contributed by atoms with Crippen LogP contribution >= 0.6 is 7.82 Å². The van der Waals surface area contributed by atoms with Crippen molar-refractivity contribution in [1.82, 2.24) is 9.88 Å². The van der Waals surface area contributed by atoms with Crippen LogP contribution in [0.15, 0.2) is 36.5 Å². The summed E-state index contributed by atoms with van der Waals surface area (Å²) in [5, 5.41) is 0.882. The first kappa shape index (κ1) is 26.0. The molecule has 0 amide bonds. The van der Waals surface area contributed by atoms with E-state index in [1.807, 2.05) is 53.2 Å². The summed E-state index contributed by atoms with van der Waals surface area (Å²) in [6.45, 7) is 8.12. The topological polar surface area (TPSA) is 112 Å². The lowest BCUT2D eigenvalue weighted by atomic mass is 9.79. The number of fused-ring (bicyclic) bond motifs is 1. The number of H-pyrrole nitrogens is 1. The summed E-state index contributed by atoms with van der Waals surface area (Å²) in [6, 6.07) is 9.12. The van der Waals surface area contributed by atoms with Gasteiger partial charge in [-0.25, -0.2) is 4.57 Å². The van der Waals surface area contributed by atoms with Crippen LogP contribution in [0.5, 0.6) is 11.5 Å². The largest absolute Gasteiger partial charge is 0.524 e. The van der Waals surface area contributed by atoms with Crippen molar-refractivity contribution in [3.63, 3.8) is 0 Å². The van der Waals surface area contributed by atoms with E-state index in [0.29, 0.717) is 16.9 Å². The number of carbonyl (C=O) groups excluding carboxylic acids is 1. The van der Waals surface area contributed by atoms with Crippen LogP contribution in [0.2, 0.25) is 0 Å². The zero-order chi connectivity index (χ0) is 25.3. The van der Waals surface area contributed by atoms with Gasteiger partial charge in [0, 0.05) is 34.6 Å². The van der Waals surface area contributed by atoms with E-state index >= 15 is 0 Å². The number of aromatic nitrogens is 1. The maximum atomic E-state index is 13.1. The lowest BCUT2D eigenvalue weighted by molar-refractivity contribution is -0.135. The Labute approximate surface area is 200 Å². The third-order valence-corrected chi connectivity index (χ3v) is 6.17. The summed E-state index contributed by atoms with van der Waals surface area (Å²) >= 11 is 0. The second-order valence-electron chi connectivity index (χ2n) is 9.62.